The molecule has 0 spiro atoms. The first-order valence-electron chi connectivity index (χ1n) is 6.95. The van der Waals surface area contributed by atoms with Gasteiger partial charge < -0.3 is 5.32 Å². The van der Waals surface area contributed by atoms with E-state index in [9.17, 15) is 0 Å². The molecule has 0 aliphatic carbocycles. The molecule has 0 unspecified atom stereocenters. The van der Waals surface area contributed by atoms with Crippen LogP contribution in [0.5, 0.6) is 0 Å². The Balaban J connectivity index is 1.79. The number of anilines is 1. The first kappa shape index (κ1) is 16.5. The predicted octanol–water partition coefficient (Wildman–Crippen LogP) is 5.55. The largest absolute Gasteiger partial charge is 0.368 e. The maximum absolute atomic E-state index is 6.23. The second-order valence-electron chi connectivity index (χ2n) is 4.65. The number of halogens is 2. The van der Waals surface area contributed by atoms with E-state index in [4.69, 9.17) is 23.2 Å². The van der Waals surface area contributed by atoms with Gasteiger partial charge in [0, 0.05) is 28.4 Å². The van der Waals surface area contributed by atoms with Gasteiger partial charge in [0.1, 0.15) is 5.82 Å². The van der Waals surface area contributed by atoms with E-state index >= 15 is 0 Å². The number of rotatable bonds is 7. The molecule has 112 valence electrons. The van der Waals surface area contributed by atoms with E-state index in [1.807, 2.05) is 36.5 Å². The molecule has 0 atom stereocenters. The standard InChI is InChI=1S/C16H18Cl2N2S/c1-2-3-12-10-15(18)16(20-11-12)19-8-9-21-14-6-4-13(17)5-7-14/h4-7,10-11H,2-3,8-9H2,1H3,(H,19,20). The van der Waals surface area contributed by atoms with Crippen LogP contribution in [0.25, 0.3) is 0 Å². The van der Waals surface area contributed by atoms with Crippen molar-refractivity contribution in [1.29, 1.82) is 0 Å². The van der Waals surface area contributed by atoms with Gasteiger partial charge in [-0.2, -0.15) is 0 Å². The molecule has 1 aromatic heterocycles. The van der Waals surface area contributed by atoms with Gasteiger partial charge in [-0.25, -0.2) is 4.98 Å². The highest BCUT2D eigenvalue weighted by Gasteiger charge is 2.03. The van der Waals surface area contributed by atoms with Crippen LogP contribution in [0.4, 0.5) is 5.82 Å². The number of benzene rings is 1. The average molecular weight is 341 g/mol. The number of nitrogens with one attached hydrogen (secondary N) is 1. The quantitative estimate of drug-likeness (QED) is 0.528. The fourth-order valence-electron chi connectivity index (χ4n) is 1.90. The van der Waals surface area contributed by atoms with Crippen molar-refractivity contribution in [1.82, 2.24) is 4.98 Å². The van der Waals surface area contributed by atoms with Crippen LogP contribution >= 0.6 is 35.0 Å². The van der Waals surface area contributed by atoms with Crippen LogP contribution in [-0.2, 0) is 6.42 Å². The molecule has 1 heterocycles. The number of aryl methyl sites for hydroxylation is 1. The topological polar surface area (TPSA) is 24.9 Å². The van der Waals surface area contributed by atoms with Crippen molar-refractivity contribution in [3.05, 3.63) is 52.1 Å². The fraction of sp³-hybridized carbons (Fsp3) is 0.312. The maximum Gasteiger partial charge on any atom is 0.144 e. The zero-order valence-corrected chi connectivity index (χ0v) is 14.2. The van der Waals surface area contributed by atoms with Crippen LogP contribution in [0.2, 0.25) is 10.0 Å². The van der Waals surface area contributed by atoms with Crippen molar-refractivity contribution in [3.8, 4) is 0 Å². The van der Waals surface area contributed by atoms with Crippen LogP contribution in [-0.4, -0.2) is 17.3 Å². The third-order valence-corrected chi connectivity index (χ3v) is 4.47. The Morgan fingerprint density at radius 2 is 1.95 bits per heavy atom. The van der Waals surface area contributed by atoms with Crippen LogP contribution in [0.1, 0.15) is 18.9 Å². The molecule has 1 aromatic carbocycles. The van der Waals surface area contributed by atoms with E-state index < -0.39 is 0 Å². The van der Waals surface area contributed by atoms with Crippen LogP contribution in [0, 0.1) is 0 Å². The van der Waals surface area contributed by atoms with Gasteiger partial charge in [0.15, 0.2) is 0 Å². The molecule has 0 bridgehead atoms. The summed E-state index contributed by atoms with van der Waals surface area (Å²) in [7, 11) is 0. The lowest BCUT2D eigenvalue weighted by Crippen LogP contribution is -2.06. The van der Waals surface area contributed by atoms with Crippen molar-refractivity contribution >= 4 is 40.8 Å². The molecular formula is C16H18Cl2N2S. The highest BCUT2D eigenvalue weighted by atomic mass is 35.5. The van der Waals surface area contributed by atoms with Crippen molar-refractivity contribution in [2.45, 2.75) is 24.7 Å². The summed E-state index contributed by atoms with van der Waals surface area (Å²) in [6.45, 7) is 2.96. The summed E-state index contributed by atoms with van der Waals surface area (Å²) >= 11 is 13.9. The van der Waals surface area contributed by atoms with E-state index in [1.165, 1.54) is 10.5 Å². The average Bonchev–Trinajstić information content (AvgIpc) is 2.47. The zero-order valence-electron chi connectivity index (χ0n) is 11.9. The summed E-state index contributed by atoms with van der Waals surface area (Å²) < 4.78 is 0. The normalized spacial score (nSPS) is 10.6. The van der Waals surface area contributed by atoms with E-state index in [0.717, 1.165) is 36.0 Å². The number of pyridine rings is 1. The minimum atomic E-state index is 0.692. The summed E-state index contributed by atoms with van der Waals surface area (Å²) in [6.07, 6.45) is 4.01. The summed E-state index contributed by atoms with van der Waals surface area (Å²) in [4.78, 5) is 5.59. The SMILES string of the molecule is CCCc1cnc(NCCSc2ccc(Cl)cc2)c(Cl)c1. The minimum Gasteiger partial charge on any atom is -0.368 e. The van der Waals surface area contributed by atoms with Gasteiger partial charge in [-0.15, -0.1) is 11.8 Å². The molecule has 2 aromatic rings. The molecule has 0 radical (unpaired) electrons. The number of hydrogen-bond acceptors (Lipinski definition) is 3. The zero-order chi connectivity index (χ0) is 15.1. The Morgan fingerprint density at radius 1 is 1.19 bits per heavy atom. The molecule has 0 saturated carbocycles. The Hall–Kier alpha value is -0.900. The molecule has 0 aliphatic rings. The van der Waals surface area contributed by atoms with Gasteiger partial charge in [-0.3, -0.25) is 0 Å². The summed E-state index contributed by atoms with van der Waals surface area (Å²) in [5.74, 6) is 1.70. The molecule has 21 heavy (non-hydrogen) atoms. The Kier molecular flexibility index (Phi) is 6.68. The first-order valence-corrected chi connectivity index (χ1v) is 8.70. The molecule has 0 saturated heterocycles. The number of hydrogen-bond donors (Lipinski definition) is 1. The molecule has 2 nitrogen and oxygen atoms in total. The second kappa shape index (κ2) is 8.52. The summed E-state index contributed by atoms with van der Waals surface area (Å²) in [5, 5.41) is 4.73. The summed E-state index contributed by atoms with van der Waals surface area (Å²) in [5.41, 5.74) is 1.18. The predicted molar refractivity (Wildman–Crippen MR) is 93.9 cm³/mol. The smallest absolute Gasteiger partial charge is 0.144 e. The van der Waals surface area contributed by atoms with Crippen molar-refractivity contribution < 1.29 is 0 Å². The minimum absolute atomic E-state index is 0.692. The van der Waals surface area contributed by atoms with E-state index in [2.05, 4.69) is 17.2 Å². The van der Waals surface area contributed by atoms with Crippen LogP contribution in [0.3, 0.4) is 0 Å². The van der Waals surface area contributed by atoms with Crippen molar-refractivity contribution in [2.75, 3.05) is 17.6 Å². The lowest BCUT2D eigenvalue weighted by atomic mass is 10.2. The highest BCUT2D eigenvalue weighted by Crippen LogP contribution is 2.22. The number of nitrogens with zero attached hydrogens (tertiary/aromatic N) is 1. The third kappa shape index (κ3) is 5.42. The van der Waals surface area contributed by atoms with Crippen molar-refractivity contribution in [2.24, 2.45) is 0 Å². The van der Waals surface area contributed by atoms with Crippen molar-refractivity contribution in [3.63, 3.8) is 0 Å². The number of thioether (sulfide) groups is 1. The molecule has 5 heteroatoms. The molecular weight excluding hydrogens is 323 g/mol. The maximum atomic E-state index is 6.23. The van der Waals surface area contributed by atoms with Crippen LogP contribution < -0.4 is 5.32 Å². The Labute approximate surface area is 140 Å². The van der Waals surface area contributed by atoms with Gasteiger partial charge in [0.05, 0.1) is 5.02 Å². The summed E-state index contributed by atoms with van der Waals surface area (Å²) in [6, 6.07) is 9.85. The van der Waals surface area contributed by atoms with Crippen LogP contribution in [0.15, 0.2) is 41.4 Å². The Bertz CT molecular complexity index is 573. The lowest BCUT2D eigenvalue weighted by molar-refractivity contribution is 0.913. The molecule has 0 fully saturated rings. The lowest BCUT2D eigenvalue weighted by Gasteiger charge is -2.08. The third-order valence-electron chi connectivity index (χ3n) is 2.91. The first-order chi connectivity index (χ1) is 10.2. The van der Waals surface area contributed by atoms with Gasteiger partial charge in [0.25, 0.3) is 0 Å². The molecule has 2 rings (SSSR count). The highest BCUT2D eigenvalue weighted by molar-refractivity contribution is 7.99. The number of aromatic nitrogens is 1. The van der Waals surface area contributed by atoms with Gasteiger partial charge in [-0.1, -0.05) is 36.5 Å². The monoisotopic (exact) mass is 340 g/mol. The van der Waals surface area contributed by atoms with E-state index in [0.29, 0.717) is 5.02 Å². The van der Waals surface area contributed by atoms with Gasteiger partial charge in [-0.05, 0) is 42.3 Å². The molecule has 1 N–H and O–H groups in total. The van der Waals surface area contributed by atoms with E-state index in [-0.39, 0.29) is 0 Å². The molecule has 0 aliphatic heterocycles. The Morgan fingerprint density at radius 3 is 2.62 bits per heavy atom. The van der Waals surface area contributed by atoms with Gasteiger partial charge >= 0.3 is 0 Å². The van der Waals surface area contributed by atoms with E-state index in [1.54, 1.807) is 11.8 Å². The second-order valence-corrected chi connectivity index (χ2v) is 6.67. The molecule has 0 amide bonds. The van der Waals surface area contributed by atoms with Gasteiger partial charge in [0.2, 0.25) is 0 Å². The fourth-order valence-corrected chi connectivity index (χ4v) is 3.05.